The summed E-state index contributed by atoms with van der Waals surface area (Å²) in [7, 11) is -4.29. The Morgan fingerprint density at radius 3 is 2.30 bits per heavy atom. The van der Waals surface area contributed by atoms with Crippen LogP contribution >= 0.6 is 0 Å². The van der Waals surface area contributed by atoms with Crippen LogP contribution < -0.4 is 0 Å². The van der Waals surface area contributed by atoms with Crippen LogP contribution in [0.3, 0.4) is 0 Å². The van der Waals surface area contributed by atoms with E-state index in [0.717, 1.165) is 16.3 Å². The molecule has 0 bridgehead atoms. The van der Waals surface area contributed by atoms with Gasteiger partial charge >= 0.3 is 5.97 Å². The lowest BCUT2D eigenvalue weighted by molar-refractivity contribution is -0.160. The number of fused-ring (bicyclic) bond motifs is 2. The first-order chi connectivity index (χ1) is 18.9. The molecule has 3 aromatic carbocycles. The smallest absolute Gasteiger partial charge is 0.325 e. The molecule has 1 aliphatic carbocycles. The van der Waals surface area contributed by atoms with E-state index in [1.807, 2.05) is 61.5 Å². The van der Waals surface area contributed by atoms with Crippen LogP contribution in [-0.4, -0.2) is 36.1 Å². The van der Waals surface area contributed by atoms with Crippen LogP contribution in [0.25, 0.3) is 10.8 Å². The Balaban J connectivity index is 1.88. The van der Waals surface area contributed by atoms with Gasteiger partial charge in [0.2, 0.25) is 10.0 Å². The van der Waals surface area contributed by atoms with Gasteiger partial charge in [-0.25, -0.2) is 8.42 Å². The highest BCUT2D eigenvalue weighted by Gasteiger charge is 2.66. The highest BCUT2D eigenvalue weighted by Crippen LogP contribution is 2.60. The molecule has 7 heteroatoms. The van der Waals surface area contributed by atoms with Crippen molar-refractivity contribution in [3.05, 3.63) is 102 Å². The Morgan fingerprint density at radius 1 is 0.950 bits per heavy atom. The lowest BCUT2D eigenvalue weighted by Crippen LogP contribution is -2.46. The van der Waals surface area contributed by atoms with Crippen molar-refractivity contribution in [2.24, 2.45) is 11.3 Å². The first-order valence-electron chi connectivity index (χ1n) is 13.5. The highest BCUT2D eigenvalue weighted by molar-refractivity contribution is 7.89. The fourth-order valence-electron chi connectivity index (χ4n) is 6.27. The van der Waals surface area contributed by atoms with Gasteiger partial charge in [0.25, 0.3) is 0 Å². The monoisotopic (exact) mass is 557 g/mol. The summed E-state index contributed by atoms with van der Waals surface area (Å²) in [5.74, 6) is -1.55. The summed E-state index contributed by atoms with van der Waals surface area (Å²) in [6, 6.07) is 17.8. The van der Waals surface area contributed by atoms with Gasteiger partial charge in [0, 0.05) is 5.92 Å². The summed E-state index contributed by atoms with van der Waals surface area (Å²) in [5, 5.41) is 1.74. The van der Waals surface area contributed by atoms with Crippen molar-refractivity contribution in [3.8, 4) is 0 Å². The molecule has 0 aromatic heterocycles. The number of sulfonamides is 1. The van der Waals surface area contributed by atoms with Gasteiger partial charge in [-0.2, -0.15) is 4.31 Å². The number of allylic oxidation sites excluding steroid dienone is 3. The van der Waals surface area contributed by atoms with Gasteiger partial charge in [-0.05, 0) is 69.5 Å². The van der Waals surface area contributed by atoms with E-state index in [1.54, 1.807) is 57.2 Å². The number of ketones is 1. The van der Waals surface area contributed by atoms with E-state index in [2.05, 4.69) is 0 Å². The van der Waals surface area contributed by atoms with Gasteiger partial charge in [-0.3, -0.25) is 9.59 Å². The number of nitrogens with zero attached hydrogens (tertiary/aromatic N) is 1. The first kappa shape index (κ1) is 28.0. The van der Waals surface area contributed by atoms with E-state index >= 15 is 0 Å². The summed E-state index contributed by atoms with van der Waals surface area (Å²) in [6.45, 7) is 8.65. The molecule has 208 valence electrons. The molecule has 0 amide bonds. The molecule has 3 aromatic rings. The number of rotatable bonds is 5. The number of Topliss-reactive ketones (excluding diaryl/α,β-unsaturated/α-hetero) is 1. The lowest BCUT2D eigenvalue weighted by Gasteiger charge is -2.36. The van der Waals surface area contributed by atoms with Crippen molar-refractivity contribution >= 4 is 32.5 Å². The maximum absolute atomic E-state index is 14.7. The Labute approximate surface area is 236 Å². The topological polar surface area (TPSA) is 80.8 Å². The minimum absolute atomic E-state index is 0.0616. The summed E-state index contributed by atoms with van der Waals surface area (Å²) in [5.41, 5.74) is -0.587. The molecular weight excluding hydrogens is 522 g/mol. The van der Waals surface area contributed by atoms with Crippen LogP contribution in [0.4, 0.5) is 0 Å². The van der Waals surface area contributed by atoms with Crippen LogP contribution in [0.1, 0.15) is 51.3 Å². The maximum atomic E-state index is 14.7. The Bertz CT molecular complexity index is 1630. The molecule has 1 fully saturated rings. The molecule has 1 aliphatic heterocycles. The second kappa shape index (κ2) is 10.1. The molecule has 5 rings (SSSR count). The van der Waals surface area contributed by atoms with E-state index in [4.69, 9.17) is 4.74 Å². The number of aryl methyl sites for hydroxylation is 1. The van der Waals surface area contributed by atoms with Crippen molar-refractivity contribution in [2.45, 2.75) is 63.6 Å². The number of hydrogen-bond acceptors (Lipinski definition) is 5. The quantitative estimate of drug-likeness (QED) is 0.344. The molecule has 0 radical (unpaired) electrons. The second-order valence-corrected chi connectivity index (χ2v) is 13.6. The van der Waals surface area contributed by atoms with E-state index in [-0.39, 0.29) is 10.7 Å². The summed E-state index contributed by atoms with van der Waals surface area (Å²) < 4.78 is 36.6. The van der Waals surface area contributed by atoms with Crippen molar-refractivity contribution in [3.63, 3.8) is 0 Å². The molecule has 4 atom stereocenters. The average Bonchev–Trinajstić information content (AvgIpc) is 3.02. The van der Waals surface area contributed by atoms with Gasteiger partial charge in [-0.1, -0.05) is 84.5 Å². The molecular formula is C33H35NO5S. The SMILES string of the molecule is CC(=O)[C@@]12C=CC=CC[C@@H]1[C@@H](C(=O)OC(C)(C)C)N(S(=O)(=O)c1ccc(C)cc1)[C@H]2c1cccc2ccccc12. The second-order valence-electron chi connectivity index (χ2n) is 11.7. The zero-order valence-corrected chi connectivity index (χ0v) is 24.3. The zero-order chi connectivity index (χ0) is 28.9. The average molecular weight is 558 g/mol. The number of carbonyl (C=O) groups excluding carboxylic acids is 2. The zero-order valence-electron chi connectivity index (χ0n) is 23.5. The normalized spacial score (nSPS) is 25.0. The molecule has 40 heavy (non-hydrogen) atoms. The minimum atomic E-state index is -4.29. The predicted octanol–water partition coefficient (Wildman–Crippen LogP) is 6.31. The van der Waals surface area contributed by atoms with Crippen LogP contribution in [0.15, 0.2) is 95.9 Å². The molecule has 1 saturated heterocycles. The Kier molecular flexibility index (Phi) is 7.09. The third-order valence-electron chi connectivity index (χ3n) is 7.96. The molecule has 1 heterocycles. The van der Waals surface area contributed by atoms with Crippen LogP contribution in [0, 0.1) is 18.3 Å². The number of ether oxygens (including phenoxy) is 1. The minimum Gasteiger partial charge on any atom is -0.459 e. The molecule has 0 saturated carbocycles. The van der Waals surface area contributed by atoms with E-state index in [1.165, 1.54) is 11.2 Å². The van der Waals surface area contributed by atoms with Gasteiger partial charge in [0.1, 0.15) is 17.4 Å². The van der Waals surface area contributed by atoms with E-state index in [0.29, 0.717) is 12.0 Å². The van der Waals surface area contributed by atoms with Crippen LogP contribution in [0.5, 0.6) is 0 Å². The van der Waals surface area contributed by atoms with Gasteiger partial charge in [0.15, 0.2) is 0 Å². The molecule has 0 spiro atoms. The third-order valence-corrected chi connectivity index (χ3v) is 9.82. The van der Waals surface area contributed by atoms with E-state index in [9.17, 15) is 18.0 Å². The van der Waals surface area contributed by atoms with Crippen molar-refractivity contribution in [1.29, 1.82) is 0 Å². The Morgan fingerprint density at radius 2 is 1.62 bits per heavy atom. The number of hydrogen-bond donors (Lipinski definition) is 0. The molecule has 0 unspecified atom stereocenters. The summed E-state index contributed by atoms with van der Waals surface area (Å²) in [4.78, 5) is 28.1. The van der Waals surface area contributed by atoms with Gasteiger partial charge in [-0.15, -0.1) is 0 Å². The van der Waals surface area contributed by atoms with E-state index < -0.39 is 45.0 Å². The Hall–Kier alpha value is -3.55. The predicted molar refractivity (Wildman–Crippen MR) is 156 cm³/mol. The van der Waals surface area contributed by atoms with Crippen molar-refractivity contribution in [2.75, 3.05) is 0 Å². The third kappa shape index (κ3) is 4.61. The lowest BCUT2D eigenvalue weighted by atomic mass is 9.65. The summed E-state index contributed by atoms with van der Waals surface area (Å²) >= 11 is 0. The van der Waals surface area contributed by atoms with Gasteiger partial charge < -0.3 is 4.74 Å². The van der Waals surface area contributed by atoms with Crippen LogP contribution in [0.2, 0.25) is 0 Å². The number of esters is 1. The number of carbonyl (C=O) groups is 2. The van der Waals surface area contributed by atoms with Crippen molar-refractivity contribution in [1.82, 2.24) is 4.31 Å². The maximum Gasteiger partial charge on any atom is 0.325 e. The first-order valence-corrected chi connectivity index (χ1v) is 15.0. The standard InChI is InChI=1S/C33H35NO5S/c1-22-17-19-25(20-18-22)40(37,38)34-29(31(36)39-32(3,4)5)28-16-7-6-10-21-33(28,23(2)35)30(34)27-15-11-13-24-12-8-9-14-26(24)27/h6-15,17-21,28-30H,16H2,1-5H3/t28-,29+,30+,33+/m1/s1. The summed E-state index contributed by atoms with van der Waals surface area (Å²) in [6.07, 6.45) is 7.68. The fraction of sp³-hybridized carbons (Fsp3) is 0.333. The number of benzene rings is 3. The van der Waals surface area contributed by atoms with Crippen LogP contribution in [-0.2, 0) is 24.3 Å². The van der Waals surface area contributed by atoms with Crippen molar-refractivity contribution < 1.29 is 22.7 Å². The highest BCUT2D eigenvalue weighted by atomic mass is 32.2. The molecule has 2 aliphatic rings. The fourth-order valence-corrected chi connectivity index (χ4v) is 8.10. The molecule has 6 nitrogen and oxygen atoms in total. The molecule has 0 N–H and O–H groups in total. The van der Waals surface area contributed by atoms with Gasteiger partial charge in [0.05, 0.1) is 16.4 Å². The largest absolute Gasteiger partial charge is 0.459 e.